The van der Waals surface area contributed by atoms with Crippen LogP contribution in [0.4, 0.5) is 10.1 Å². The number of benzene rings is 3. The Labute approximate surface area is 267 Å². The van der Waals surface area contributed by atoms with Gasteiger partial charge >= 0.3 is 0 Å². The zero-order valence-corrected chi connectivity index (χ0v) is 27.0. The summed E-state index contributed by atoms with van der Waals surface area (Å²) < 4.78 is 38.4. The topological polar surface area (TPSA) is 107 Å². The fraction of sp³-hybridized carbons (Fsp3) is 0.472. The van der Waals surface area contributed by atoms with Gasteiger partial charge in [0.15, 0.2) is 0 Å². The van der Waals surface area contributed by atoms with E-state index in [0.717, 1.165) is 80.9 Å². The first-order valence-electron chi connectivity index (χ1n) is 16.2. The second-order valence-electron chi connectivity index (χ2n) is 12.2. The minimum Gasteiger partial charge on any atom is -0.396 e. The molecule has 3 aromatic rings. The number of carbonyl (C=O) groups is 1. The van der Waals surface area contributed by atoms with Gasteiger partial charge < -0.3 is 15.1 Å². The number of anilines is 1. The van der Waals surface area contributed by atoms with Crippen molar-refractivity contribution in [3.63, 3.8) is 0 Å². The molecule has 3 unspecified atom stereocenters. The van der Waals surface area contributed by atoms with Gasteiger partial charge in [0, 0.05) is 18.8 Å². The molecule has 3 aromatic carbocycles. The van der Waals surface area contributed by atoms with Crippen molar-refractivity contribution >= 4 is 21.6 Å². The smallest absolute Gasteiger partial charge is 0.233 e. The quantitative estimate of drug-likeness (QED) is 0.104. The minimum atomic E-state index is -3.18. The van der Waals surface area contributed by atoms with Crippen LogP contribution in [0, 0.1) is 11.7 Å². The standard InChI is InChI=1S/C36H47FN2O5S/c1-45(43,44)38-25-7-6-10-28-13-21-32(22-14-28)39-35(30-15-11-27(12-16-30)9-5-3-2-4-8-26-40)33(36(39)42)23-24-34(41)29-17-19-31(37)20-18-29/h11-22,33-35,38,40-41H,2-10,23-26H2,1H3. The molecule has 0 aromatic heterocycles. The predicted octanol–water partition coefficient (Wildman–Crippen LogP) is 6.40. The summed E-state index contributed by atoms with van der Waals surface area (Å²) in [4.78, 5) is 15.4. The highest BCUT2D eigenvalue weighted by Gasteiger charge is 2.48. The Balaban J connectivity index is 1.42. The van der Waals surface area contributed by atoms with E-state index in [0.29, 0.717) is 24.9 Å². The number of carbonyl (C=O) groups excluding carboxylic acids is 1. The molecule has 1 amide bonds. The van der Waals surface area contributed by atoms with Crippen LogP contribution in [0.1, 0.15) is 92.2 Å². The minimum absolute atomic E-state index is 0.0258. The molecule has 1 saturated heterocycles. The summed E-state index contributed by atoms with van der Waals surface area (Å²) in [6.45, 7) is 0.674. The molecule has 1 aliphatic heterocycles. The van der Waals surface area contributed by atoms with Crippen LogP contribution in [0.15, 0.2) is 72.8 Å². The number of rotatable bonds is 19. The zero-order valence-electron chi connectivity index (χ0n) is 26.2. The molecule has 1 fully saturated rings. The summed E-state index contributed by atoms with van der Waals surface area (Å²) in [5.74, 6) is -0.603. The van der Waals surface area contributed by atoms with Gasteiger partial charge in [-0.25, -0.2) is 17.5 Å². The fourth-order valence-electron chi connectivity index (χ4n) is 6.08. The van der Waals surface area contributed by atoms with Gasteiger partial charge in [-0.05, 0) is 97.9 Å². The lowest BCUT2D eigenvalue weighted by Crippen LogP contribution is -2.55. The first kappa shape index (κ1) is 34.8. The lowest BCUT2D eigenvalue weighted by Gasteiger charge is -2.48. The lowest BCUT2D eigenvalue weighted by atomic mass is 9.78. The molecule has 0 spiro atoms. The van der Waals surface area contributed by atoms with Crippen molar-refractivity contribution < 1.29 is 27.8 Å². The Bertz CT molecular complexity index is 1450. The molecule has 0 bridgehead atoms. The molecule has 7 nitrogen and oxygen atoms in total. The van der Waals surface area contributed by atoms with Crippen LogP contribution >= 0.6 is 0 Å². The zero-order chi connectivity index (χ0) is 32.2. The van der Waals surface area contributed by atoms with E-state index >= 15 is 0 Å². The van der Waals surface area contributed by atoms with Crippen LogP contribution in [-0.4, -0.2) is 43.9 Å². The van der Waals surface area contributed by atoms with Gasteiger partial charge in [0.25, 0.3) is 0 Å². The van der Waals surface area contributed by atoms with Crippen LogP contribution in [0.5, 0.6) is 0 Å². The molecule has 1 heterocycles. The van der Waals surface area contributed by atoms with Gasteiger partial charge in [-0.15, -0.1) is 0 Å². The van der Waals surface area contributed by atoms with Crippen LogP contribution in [0.3, 0.4) is 0 Å². The summed E-state index contributed by atoms with van der Waals surface area (Å²) in [5, 5.41) is 19.7. The van der Waals surface area contributed by atoms with Crippen LogP contribution in [0.2, 0.25) is 0 Å². The second kappa shape index (κ2) is 17.0. The van der Waals surface area contributed by atoms with E-state index in [4.69, 9.17) is 5.11 Å². The van der Waals surface area contributed by atoms with Gasteiger partial charge in [0.2, 0.25) is 15.9 Å². The van der Waals surface area contributed by atoms with E-state index in [2.05, 4.69) is 29.0 Å². The number of hydrogen-bond acceptors (Lipinski definition) is 5. The number of hydrogen-bond donors (Lipinski definition) is 3. The number of unbranched alkanes of at least 4 members (excludes halogenated alkanes) is 5. The summed E-state index contributed by atoms with van der Waals surface area (Å²) in [5.41, 5.74) is 4.92. The summed E-state index contributed by atoms with van der Waals surface area (Å²) in [7, 11) is -3.18. The average molecular weight is 639 g/mol. The molecule has 9 heteroatoms. The molecule has 45 heavy (non-hydrogen) atoms. The van der Waals surface area contributed by atoms with E-state index < -0.39 is 16.1 Å². The molecular formula is C36H47FN2O5S. The number of aryl methyl sites for hydroxylation is 2. The highest BCUT2D eigenvalue weighted by atomic mass is 32.2. The molecule has 3 N–H and O–H groups in total. The number of halogens is 1. The van der Waals surface area contributed by atoms with Gasteiger partial charge in [0.05, 0.1) is 24.3 Å². The van der Waals surface area contributed by atoms with Crippen molar-refractivity contribution in [2.45, 2.75) is 82.8 Å². The van der Waals surface area contributed by atoms with Crippen molar-refractivity contribution in [3.8, 4) is 0 Å². The SMILES string of the molecule is CS(=O)(=O)NCCCCc1ccc(N2C(=O)C(CCC(O)c3ccc(F)cc3)C2c2ccc(CCCCCCCO)cc2)cc1. The Morgan fingerprint density at radius 2 is 1.40 bits per heavy atom. The second-order valence-corrected chi connectivity index (χ2v) is 14.0. The number of sulfonamides is 1. The third-order valence-electron chi connectivity index (χ3n) is 8.64. The lowest BCUT2D eigenvalue weighted by molar-refractivity contribution is -0.131. The Kier molecular flexibility index (Phi) is 13.1. The highest BCUT2D eigenvalue weighted by molar-refractivity contribution is 7.88. The molecule has 0 radical (unpaired) electrons. The maximum atomic E-state index is 13.6. The summed E-state index contributed by atoms with van der Waals surface area (Å²) in [6, 6.07) is 22.2. The predicted molar refractivity (Wildman–Crippen MR) is 177 cm³/mol. The van der Waals surface area contributed by atoms with Crippen LogP contribution in [-0.2, 0) is 27.7 Å². The average Bonchev–Trinajstić information content (AvgIpc) is 3.02. The molecule has 0 saturated carbocycles. The maximum absolute atomic E-state index is 13.6. The number of aliphatic hydroxyl groups excluding tert-OH is 2. The normalized spacial score (nSPS) is 17.3. The summed E-state index contributed by atoms with van der Waals surface area (Å²) in [6.07, 6.45) is 9.97. The van der Waals surface area contributed by atoms with E-state index in [-0.39, 0.29) is 30.3 Å². The molecule has 244 valence electrons. The van der Waals surface area contributed by atoms with Crippen molar-refractivity contribution in [1.82, 2.24) is 4.72 Å². The number of nitrogens with zero attached hydrogens (tertiary/aromatic N) is 1. The first-order chi connectivity index (χ1) is 21.7. The van der Waals surface area contributed by atoms with Gasteiger partial charge in [-0.2, -0.15) is 0 Å². The molecule has 1 aliphatic rings. The molecule has 3 atom stereocenters. The summed E-state index contributed by atoms with van der Waals surface area (Å²) >= 11 is 0. The van der Waals surface area contributed by atoms with Crippen LogP contribution in [0.25, 0.3) is 0 Å². The first-order valence-corrected chi connectivity index (χ1v) is 18.1. The molecule has 0 aliphatic carbocycles. The van der Waals surface area contributed by atoms with Crippen molar-refractivity contribution in [1.29, 1.82) is 0 Å². The Morgan fingerprint density at radius 3 is 2.02 bits per heavy atom. The monoisotopic (exact) mass is 638 g/mol. The van der Waals surface area contributed by atoms with E-state index in [9.17, 15) is 22.7 Å². The molecular weight excluding hydrogens is 591 g/mol. The van der Waals surface area contributed by atoms with E-state index in [1.54, 1.807) is 12.1 Å². The maximum Gasteiger partial charge on any atom is 0.233 e. The van der Waals surface area contributed by atoms with E-state index in [1.807, 2.05) is 29.2 Å². The third kappa shape index (κ3) is 10.5. The van der Waals surface area contributed by atoms with E-state index in [1.165, 1.54) is 17.7 Å². The number of aliphatic hydroxyl groups is 2. The number of β-lactam (4-membered cyclic amide) rings is 1. The van der Waals surface area contributed by atoms with Gasteiger partial charge in [0.1, 0.15) is 5.82 Å². The Hall–Kier alpha value is -3.11. The number of amides is 1. The third-order valence-corrected chi connectivity index (χ3v) is 9.36. The van der Waals surface area contributed by atoms with Crippen molar-refractivity contribution in [2.24, 2.45) is 5.92 Å². The fourth-order valence-corrected chi connectivity index (χ4v) is 6.59. The largest absolute Gasteiger partial charge is 0.396 e. The van der Waals surface area contributed by atoms with Gasteiger partial charge in [-0.1, -0.05) is 67.8 Å². The highest BCUT2D eigenvalue weighted by Crippen LogP contribution is 2.46. The molecule has 4 rings (SSSR count). The number of nitrogens with one attached hydrogen (secondary N) is 1. The van der Waals surface area contributed by atoms with Crippen molar-refractivity contribution in [3.05, 3.63) is 101 Å². The van der Waals surface area contributed by atoms with Gasteiger partial charge in [-0.3, -0.25) is 4.79 Å². The Morgan fingerprint density at radius 1 is 0.822 bits per heavy atom. The van der Waals surface area contributed by atoms with Crippen LogP contribution < -0.4 is 9.62 Å². The van der Waals surface area contributed by atoms with Crippen molar-refractivity contribution in [2.75, 3.05) is 24.3 Å².